The van der Waals surface area contributed by atoms with E-state index in [1.54, 1.807) is 6.08 Å². The number of benzene rings is 2. The van der Waals surface area contributed by atoms with Crippen molar-refractivity contribution in [3.05, 3.63) is 72.3 Å². The number of allylic oxidation sites excluding steroid dienone is 1. The van der Waals surface area contributed by atoms with Gasteiger partial charge in [-0.3, -0.25) is 0 Å². The number of fused-ring (bicyclic) bond motifs is 3. The minimum atomic E-state index is -0.171. The van der Waals surface area contributed by atoms with Gasteiger partial charge < -0.3 is 0 Å². The first-order valence-corrected chi connectivity index (χ1v) is 6.07. The zero-order valence-electron chi connectivity index (χ0n) is 10.0. The molecular formula is C17H13N. The van der Waals surface area contributed by atoms with Crippen molar-refractivity contribution in [3.63, 3.8) is 0 Å². The second-order valence-electron chi connectivity index (χ2n) is 4.54. The molecule has 86 valence electrons. The predicted octanol–water partition coefficient (Wildman–Crippen LogP) is 4.12. The van der Waals surface area contributed by atoms with E-state index in [1.807, 2.05) is 24.3 Å². The Morgan fingerprint density at radius 2 is 1.50 bits per heavy atom. The molecule has 1 atom stereocenters. The number of hydrogen-bond acceptors (Lipinski definition) is 1. The molecule has 1 aliphatic carbocycles. The van der Waals surface area contributed by atoms with E-state index in [-0.39, 0.29) is 11.8 Å². The lowest BCUT2D eigenvalue weighted by molar-refractivity contribution is 0.714. The molecule has 0 heterocycles. The molecule has 0 fully saturated rings. The van der Waals surface area contributed by atoms with Gasteiger partial charge in [0, 0.05) is 5.92 Å². The van der Waals surface area contributed by atoms with Crippen LogP contribution >= 0.6 is 0 Å². The first-order valence-electron chi connectivity index (χ1n) is 6.07. The smallest absolute Gasteiger partial charge is 0.0750 e. The highest BCUT2D eigenvalue weighted by atomic mass is 14.4. The molecule has 0 spiro atoms. The third kappa shape index (κ3) is 1.39. The van der Waals surface area contributed by atoms with Crippen LogP contribution in [0.3, 0.4) is 0 Å². The maximum atomic E-state index is 9.32. The lowest BCUT2D eigenvalue weighted by Crippen LogP contribution is -2.07. The van der Waals surface area contributed by atoms with Crippen molar-refractivity contribution < 1.29 is 0 Å². The normalized spacial score (nSPS) is 14.4. The monoisotopic (exact) mass is 231 g/mol. The van der Waals surface area contributed by atoms with Crippen LogP contribution in [-0.4, -0.2) is 0 Å². The minimum Gasteiger partial charge on any atom is -0.198 e. The van der Waals surface area contributed by atoms with Crippen molar-refractivity contribution >= 4 is 0 Å². The van der Waals surface area contributed by atoms with Crippen LogP contribution < -0.4 is 0 Å². The molecule has 1 heteroatoms. The summed E-state index contributed by atoms with van der Waals surface area (Å²) in [7, 11) is 0. The van der Waals surface area contributed by atoms with E-state index >= 15 is 0 Å². The van der Waals surface area contributed by atoms with Crippen LogP contribution in [0, 0.1) is 17.2 Å². The van der Waals surface area contributed by atoms with Crippen LogP contribution in [0.4, 0.5) is 0 Å². The van der Waals surface area contributed by atoms with Crippen molar-refractivity contribution in [3.8, 4) is 17.2 Å². The van der Waals surface area contributed by atoms with Crippen LogP contribution in [0.1, 0.15) is 17.0 Å². The second kappa shape index (κ2) is 4.16. The van der Waals surface area contributed by atoms with Gasteiger partial charge in [-0.05, 0) is 22.3 Å². The van der Waals surface area contributed by atoms with Gasteiger partial charge in [0.25, 0.3) is 0 Å². The Labute approximate surface area is 107 Å². The third-order valence-corrected chi connectivity index (χ3v) is 3.64. The standard InChI is InChI=1S/C17H13N/c1-2-12(11-18)17-15-9-5-3-7-13(15)14-8-4-6-10-16(14)17/h2-10,12,17H,1H2. The summed E-state index contributed by atoms with van der Waals surface area (Å²) in [6, 6.07) is 19.0. The lowest BCUT2D eigenvalue weighted by Gasteiger charge is -2.16. The third-order valence-electron chi connectivity index (χ3n) is 3.64. The molecule has 0 saturated heterocycles. The van der Waals surface area contributed by atoms with Crippen LogP contribution in [0.2, 0.25) is 0 Å². The SMILES string of the molecule is C=CC(C#N)C1c2ccccc2-c2ccccc21. The Morgan fingerprint density at radius 1 is 1.00 bits per heavy atom. The molecule has 2 aromatic carbocycles. The summed E-state index contributed by atoms with van der Waals surface area (Å²) < 4.78 is 0. The highest BCUT2D eigenvalue weighted by molar-refractivity contribution is 5.79. The fourth-order valence-electron chi connectivity index (χ4n) is 2.84. The van der Waals surface area contributed by atoms with Gasteiger partial charge in [-0.15, -0.1) is 6.58 Å². The van der Waals surface area contributed by atoms with Crippen molar-refractivity contribution in [1.29, 1.82) is 5.26 Å². The average molecular weight is 231 g/mol. The summed E-state index contributed by atoms with van der Waals surface area (Å²) in [5.41, 5.74) is 4.98. The maximum Gasteiger partial charge on any atom is 0.0750 e. The summed E-state index contributed by atoms with van der Waals surface area (Å²) in [5, 5.41) is 9.32. The van der Waals surface area contributed by atoms with E-state index in [0.29, 0.717) is 0 Å². The van der Waals surface area contributed by atoms with Crippen LogP contribution in [0.5, 0.6) is 0 Å². The van der Waals surface area contributed by atoms with Crippen LogP contribution in [-0.2, 0) is 0 Å². The quantitative estimate of drug-likeness (QED) is 0.713. The highest BCUT2D eigenvalue weighted by Crippen LogP contribution is 2.47. The molecule has 2 aromatic rings. The van der Waals surface area contributed by atoms with Gasteiger partial charge in [0.2, 0.25) is 0 Å². The minimum absolute atomic E-state index is 0.125. The van der Waals surface area contributed by atoms with Crippen molar-refractivity contribution in [1.82, 2.24) is 0 Å². The molecule has 1 unspecified atom stereocenters. The van der Waals surface area contributed by atoms with E-state index in [1.165, 1.54) is 22.3 Å². The zero-order valence-corrected chi connectivity index (χ0v) is 10.0. The van der Waals surface area contributed by atoms with Gasteiger partial charge in [-0.1, -0.05) is 54.6 Å². The predicted molar refractivity (Wildman–Crippen MR) is 73.0 cm³/mol. The molecule has 0 aromatic heterocycles. The molecule has 1 aliphatic rings. The first-order chi connectivity index (χ1) is 8.86. The van der Waals surface area contributed by atoms with E-state index < -0.39 is 0 Å². The van der Waals surface area contributed by atoms with Gasteiger partial charge >= 0.3 is 0 Å². The van der Waals surface area contributed by atoms with Crippen LogP contribution in [0.25, 0.3) is 11.1 Å². The summed E-state index contributed by atoms with van der Waals surface area (Å²) in [4.78, 5) is 0. The maximum absolute atomic E-state index is 9.32. The van der Waals surface area contributed by atoms with Gasteiger partial charge in [0.05, 0.1) is 12.0 Å². The molecule has 1 nitrogen and oxygen atoms in total. The highest BCUT2D eigenvalue weighted by Gasteiger charge is 2.32. The van der Waals surface area contributed by atoms with Gasteiger partial charge in [-0.25, -0.2) is 0 Å². The topological polar surface area (TPSA) is 23.8 Å². The molecule has 0 amide bonds. The molecule has 0 saturated carbocycles. The number of hydrogen-bond donors (Lipinski definition) is 0. The summed E-state index contributed by atoms with van der Waals surface area (Å²) in [5.74, 6) is -0.0466. The molecule has 18 heavy (non-hydrogen) atoms. The fourth-order valence-corrected chi connectivity index (χ4v) is 2.84. The Bertz CT molecular complexity index is 603. The molecule has 0 bridgehead atoms. The van der Waals surface area contributed by atoms with E-state index in [4.69, 9.17) is 0 Å². The molecule has 0 aliphatic heterocycles. The summed E-state index contributed by atoms with van der Waals surface area (Å²) >= 11 is 0. The average Bonchev–Trinajstić information content (AvgIpc) is 2.76. The van der Waals surface area contributed by atoms with Crippen molar-refractivity contribution in [2.24, 2.45) is 5.92 Å². The molecule has 0 radical (unpaired) electrons. The van der Waals surface area contributed by atoms with Gasteiger partial charge in [0.15, 0.2) is 0 Å². The largest absolute Gasteiger partial charge is 0.198 e. The number of nitrogens with zero attached hydrogens (tertiary/aromatic N) is 1. The van der Waals surface area contributed by atoms with Crippen molar-refractivity contribution in [2.75, 3.05) is 0 Å². The van der Waals surface area contributed by atoms with Crippen molar-refractivity contribution in [2.45, 2.75) is 5.92 Å². The van der Waals surface area contributed by atoms with E-state index in [2.05, 4.69) is 36.9 Å². The van der Waals surface area contributed by atoms with Crippen LogP contribution in [0.15, 0.2) is 61.2 Å². The lowest BCUT2D eigenvalue weighted by atomic mass is 9.85. The van der Waals surface area contributed by atoms with Gasteiger partial charge in [-0.2, -0.15) is 5.26 Å². The Balaban J connectivity index is 2.27. The summed E-state index contributed by atoms with van der Waals surface area (Å²) in [6.07, 6.45) is 1.75. The van der Waals surface area contributed by atoms with E-state index in [9.17, 15) is 5.26 Å². The fraction of sp³-hybridized carbons (Fsp3) is 0.118. The Morgan fingerprint density at radius 3 is 1.94 bits per heavy atom. The number of nitriles is 1. The Kier molecular flexibility index (Phi) is 2.50. The summed E-state index contributed by atoms with van der Waals surface area (Å²) in [6.45, 7) is 3.80. The zero-order chi connectivity index (χ0) is 12.5. The number of rotatable bonds is 2. The molecule has 0 N–H and O–H groups in total. The first kappa shape index (κ1) is 10.8. The molecular weight excluding hydrogens is 218 g/mol. The van der Waals surface area contributed by atoms with E-state index in [0.717, 1.165) is 0 Å². The Hall–Kier alpha value is -2.33. The second-order valence-corrected chi connectivity index (χ2v) is 4.54. The van der Waals surface area contributed by atoms with Gasteiger partial charge in [0.1, 0.15) is 0 Å². The molecule has 3 rings (SSSR count).